The number of rotatable bonds is 5. The van der Waals surface area contributed by atoms with Crippen LogP contribution in [0, 0.1) is 18.2 Å². The third-order valence-electron chi connectivity index (χ3n) is 7.54. The average molecular weight is 514 g/mol. The van der Waals surface area contributed by atoms with E-state index < -0.39 is 0 Å². The zero-order chi connectivity index (χ0) is 27.0. The second-order valence-corrected chi connectivity index (χ2v) is 9.84. The third-order valence-corrected chi connectivity index (χ3v) is 7.54. The molecule has 0 N–H and O–H groups in total. The smallest absolute Gasteiger partial charge is 0.270 e. The van der Waals surface area contributed by atoms with Crippen LogP contribution in [0.1, 0.15) is 37.4 Å². The minimum Gasteiger partial charge on any atom is -0.362 e. The number of hydrogen-bond donors (Lipinski definition) is 0. The van der Waals surface area contributed by atoms with Gasteiger partial charge in [-0.25, -0.2) is 8.78 Å². The van der Waals surface area contributed by atoms with Crippen molar-refractivity contribution in [3.8, 4) is 0 Å². The molecule has 0 aliphatic carbocycles. The summed E-state index contributed by atoms with van der Waals surface area (Å²) in [6, 6.07) is 17.9. The van der Waals surface area contributed by atoms with Crippen LogP contribution in [0.15, 0.2) is 71.5 Å². The van der Waals surface area contributed by atoms with Gasteiger partial charge < -0.3 is 14.3 Å². The highest BCUT2D eigenvalue weighted by Crippen LogP contribution is 2.37. The molecule has 6 nitrogen and oxygen atoms in total. The average Bonchev–Trinajstić information content (AvgIpc) is 2.93. The molecule has 2 atom stereocenters. The van der Waals surface area contributed by atoms with Gasteiger partial charge in [0.25, 0.3) is 11.4 Å². The summed E-state index contributed by atoms with van der Waals surface area (Å²) in [4.78, 5) is 25.6. The van der Waals surface area contributed by atoms with E-state index in [0.717, 1.165) is 23.2 Å². The van der Waals surface area contributed by atoms with Gasteiger partial charge in [0.05, 0.1) is 17.2 Å². The van der Waals surface area contributed by atoms with Crippen LogP contribution in [0.5, 0.6) is 0 Å². The normalized spacial score (nSPS) is 18.2. The Kier molecular flexibility index (Phi) is 6.96. The van der Waals surface area contributed by atoms with Crippen molar-refractivity contribution in [3.05, 3.63) is 111 Å². The Bertz CT molecular complexity index is 1510. The van der Waals surface area contributed by atoms with Crippen LogP contribution in [0.25, 0.3) is 15.9 Å². The molecule has 0 radical (unpaired) electrons. The Morgan fingerprint density at radius 3 is 2.16 bits per heavy atom. The van der Waals surface area contributed by atoms with Gasteiger partial charge >= 0.3 is 0 Å². The molecule has 38 heavy (non-hydrogen) atoms. The van der Waals surface area contributed by atoms with Crippen LogP contribution < -0.4 is 10.5 Å². The zero-order valence-corrected chi connectivity index (χ0v) is 21.6. The van der Waals surface area contributed by atoms with Gasteiger partial charge in [-0.1, -0.05) is 37.8 Å². The van der Waals surface area contributed by atoms with Gasteiger partial charge in [-0.05, 0) is 60.9 Å². The van der Waals surface area contributed by atoms with Gasteiger partial charge in [0.2, 0.25) is 5.52 Å². The monoisotopic (exact) mass is 513 g/mol. The first-order valence-electron chi connectivity index (χ1n) is 12.7. The van der Waals surface area contributed by atoms with Gasteiger partial charge in [-0.3, -0.25) is 9.69 Å². The molecule has 1 fully saturated rings. The molecular formula is C30H29F2N5O. The summed E-state index contributed by atoms with van der Waals surface area (Å²) in [6.45, 7) is 12.9. The van der Waals surface area contributed by atoms with E-state index in [1.807, 2.05) is 0 Å². The second kappa shape index (κ2) is 10.3. The van der Waals surface area contributed by atoms with Crippen molar-refractivity contribution in [2.24, 2.45) is 7.05 Å². The zero-order valence-electron chi connectivity index (χ0n) is 21.6. The van der Waals surface area contributed by atoms with E-state index in [0.29, 0.717) is 24.1 Å². The second-order valence-electron chi connectivity index (χ2n) is 9.84. The molecule has 1 aliphatic heterocycles. The topological polar surface area (TPSA) is 45.7 Å². The summed E-state index contributed by atoms with van der Waals surface area (Å²) >= 11 is 0. The van der Waals surface area contributed by atoms with Crippen molar-refractivity contribution in [1.29, 1.82) is 0 Å². The molecule has 2 aromatic carbocycles. The lowest BCUT2D eigenvalue weighted by Crippen LogP contribution is -2.58. The Morgan fingerprint density at radius 1 is 1.00 bits per heavy atom. The van der Waals surface area contributed by atoms with Gasteiger partial charge in [0.1, 0.15) is 11.6 Å². The number of aromatic nitrogens is 2. The molecule has 1 aliphatic rings. The molecule has 5 rings (SSSR count). The van der Waals surface area contributed by atoms with Crippen molar-refractivity contribution in [2.45, 2.75) is 38.4 Å². The summed E-state index contributed by atoms with van der Waals surface area (Å²) < 4.78 is 29.2. The quantitative estimate of drug-likeness (QED) is 0.315. The van der Waals surface area contributed by atoms with Gasteiger partial charge in [-0.2, -0.15) is 0 Å². The maximum absolute atomic E-state index is 13.8. The SMILES string of the molecule is [C-]#[N+]c1ccc2c(n1)c(N1C[C@@H](CC)N(C(c3ccc(F)cc3)c3ccc(F)cc3)C[C@@H]1C)cc(=O)n2C. The highest BCUT2D eigenvalue weighted by atomic mass is 19.1. The van der Waals surface area contributed by atoms with Crippen LogP contribution in [0.3, 0.4) is 0 Å². The Morgan fingerprint density at radius 2 is 1.61 bits per heavy atom. The lowest BCUT2D eigenvalue weighted by Gasteiger charge is -2.49. The van der Waals surface area contributed by atoms with Gasteiger partial charge in [-0.15, -0.1) is 4.98 Å². The van der Waals surface area contributed by atoms with Crippen molar-refractivity contribution in [1.82, 2.24) is 14.5 Å². The minimum absolute atomic E-state index is 0.00472. The van der Waals surface area contributed by atoms with Crippen LogP contribution in [-0.4, -0.2) is 39.6 Å². The number of pyridine rings is 2. The molecule has 0 saturated carbocycles. The fraction of sp³-hybridized carbons (Fsp3) is 0.300. The van der Waals surface area contributed by atoms with Gasteiger partial charge in [0.15, 0.2) is 0 Å². The molecule has 3 heterocycles. The molecular weight excluding hydrogens is 484 g/mol. The van der Waals surface area contributed by atoms with Crippen LogP contribution in [0.4, 0.5) is 20.3 Å². The fourth-order valence-electron chi connectivity index (χ4n) is 5.53. The number of fused-ring (bicyclic) bond motifs is 1. The molecule has 2 aromatic heterocycles. The summed E-state index contributed by atoms with van der Waals surface area (Å²) in [7, 11) is 1.71. The van der Waals surface area contributed by atoms with Crippen molar-refractivity contribution < 1.29 is 8.78 Å². The van der Waals surface area contributed by atoms with E-state index in [9.17, 15) is 13.6 Å². The van der Waals surface area contributed by atoms with E-state index in [1.54, 1.807) is 54.1 Å². The molecule has 0 amide bonds. The maximum atomic E-state index is 13.8. The van der Waals surface area contributed by atoms with Crippen molar-refractivity contribution in [3.63, 3.8) is 0 Å². The predicted octanol–water partition coefficient (Wildman–Crippen LogP) is 5.84. The molecule has 0 bridgehead atoms. The summed E-state index contributed by atoms with van der Waals surface area (Å²) in [5.74, 6) is -0.329. The Balaban J connectivity index is 1.58. The Hall–Kier alpha value is -4.09. The maximum Gasteiger partial charge on any atom is 0.270 e. The number of halogens is 2. The fourth-order valence-corrected chi connectivity index (χ4v) is 5.53. The Labute approximate surface area is 220 Å². The summed E-state index contributed by atoms with van der Waals surface area (Å²) in [5.41, 5.74) is 3.75. The highest BCUT2D eigenvalue weighted by molar-refractivity contribution is 5.89. The largest absolute Gasteiger partial charge is 0.362 e. The number of aryl methyl sites for hydroxylation is 1. The van der Waals surface area contributed by atoms with E-state index >= 15 is 0 Å². The number of hydrogen-bond acceptors (Lipinski definition) is 4. The number of benzene rings is 2. The molecule has 1 saturated heterocycles. The van der Waals surface area contributed by atoms with Crippen molar-refractivity contribution in [2.75, 3.05) is 18.0 Å². The van der Waals surface area contributed by atoms with Crippen LogP contribution >= 0.6 is 0 Å². The van der Waals surface area contributed by atoms with Crippen LogP contribution in [0.2, 0.25) is 0 Å². The number of piperazine rings is 1. The van der Waals surface area contributed by atoms with Crippen LogP contribution in [-0.2, 0) is 7.05 Å². The highest BCUT2D eigenvalue weighted by Gasteiger charge is 2.37. The standard InChI is InChI=1S/C30H29F2N5O/c1-5-24-18-36(26-16-28(38)35(4)25-14-15-27(33-3)34-29(25)26)19(2)17-37(24)30(20-6-10-22(31)11-7-20)21-8-12-23(32)13-9-21/h6-16,19,24,30H,5,17-18H2,1-2,4H3/t19-,24+/m0/s1. The first kappa shape index (κ1) is 25.6. The first-order chi connectivity index (χ1) is 18.3. The van der Waals surface area contributed by atoms with Crippen molar-refractivity contribution >= 4 is 22.5 Å². The third kappa shape index (κ3) is 4.66. The van der Waals surface area contributed by atoms with E-state index in [2.05, 4.69) is 33.5 Å². The molecule has 8 heteroatoms. The lowest BCUT2D eigenvalue weighted by atomic mass is 9.92. The summed E-state index contributed by atoms with van der Waals surface area (Å²) in [6.07, 6.45) is 0.825. The number of anilines is 1. The predicted molar refractivity (Wildman–Crippen MR) is 145 cm³/mol. The lowest BCUT2D eigenvalue weighted by molar-refractivity contribution is 0.116. The molecule has 194 valence electrons. The number of nitrogens with zero attached hydrogens (tertiary/aromatic N) is 5. The van der Waals surface area contributed by atoms with E-state index in [4.69, 9.17) is 6.57 Å². The van der Waals surface area contributed by atoms with E-state index in [1.165, 1.54) is 24.3 Å². The first-order valence-corrected chi connectivity index (χ1v) is 12.7. The minimum atomic E-state index is -0.305. The van der Waals surface area contributed by atoms with Gasteiger partial charge in [0, 0.05) is 38.3 Å². The summed E-state index contributed by atoms with van der Waals surface area (Å²) in [5, 5.41) is 0. The molecule has 0 unspecified atom stereocenters. The van der Waals surface area contributed by atoms with E-state index in [-0.39, 0.29) is 41.1 Å². The molecule has 4 aromatic rings. The molecule has 0 spiro atoms.